The second-order valence-electron chi connectivity index (χ2n) is 10.1. The van der Waals surface area contributed by atoms with E-state index in [4.69, 9.17) is 0 Å². The molecular formula is C25H48. The summed E-state index contributed by atoms with van der Waals surface area (Å²) in [6, 6.07) is 0. The van der Waals surface area contributed by atoms with Gasteiger partial charge in [0.25, 0.3) is 0 Å². The fraction of sp³-hybridized carbons (Fsp3) is 0.840. The highest BCUT2D eigenvalue weighted by Gasteiger charge is 2.17. The van der Waals surface area contributed by atoms with E-state index in [1.165, 1.54) is 56.1 Å². The van der Waals surface area contributed by atoms with Crippen molar-refractivity contribution in [2.24, 2.45) is 35.5 Å². The van der Waals surface area contributed by atoms with Crippen LogP contribution in [0.4, 0.5) is 0 Å². The van der Waals surface area contributed by atoms with Gasteiger partial charge in [-0.05, 0) is 94.3 Å². The van der Waals surface area contributed by atoms with E-state index in [2.05, 4.69) is 68.5 Å². The molecule has 0 aromatic carbocycles. The normalized spacial score (nSPS) is 18.9. The van der Waals surface area contributed by atoms with Gasteiger partial charge >= 0.3 is 0 Å². The first-order valence-corrected chi connectivity index (χ1v) is 10.8. The topological polar surface area (TPSA) is 0 Å². The molecule has 0 spiro atoms. The third kappa shape index (κ3) is 14.3. The van der Waals surface area contributed by atoms with Crippen LogP contribution in [-0.2, 0) is 0 Å². The van der Waals surface area contributed by atoms with Crippen LogP contribution >= 0.6 is 0 Å². The van der Waals surface area contributed by atoms with Crippen LogP contribution in [0, 0.1) is 35.5 Å². The average Bonchev–Trinajstić information content (AvgIpc) is 2.34. The summed E-state index contributed by atoms with van der Waals surface area (Å²) in [7, 11) is 0. The predicted octanol–water partition coefficient (Wildman–Crippen LogP) is 8.69. The van der Waals surface area contributed by atoms with Crippen LogP contribution in [0.5, 0.6) is 0 Å². The van der Waals surface area contributed by atoms with Crippen LogP contribution in [0.2, 0.25) is 0 Å². The summed E-state index contributed by atoms with van der Waals surface area (Å²) in [5, 5.41) is 0. The van der Waals surface area contributed by atoms with Gasteiger partial charge in [0.2, 0.25) is 0 Å². The minimum absolute atomic E-state index is 0.784. The van der Waals surface area contributed by atoms with E-state index in [1.54, 1.807) is 0 Å². The molecule has 148 valence electrons. The van der Waals surface area contributed by atoms with Crippen LogP contribution in [-0.4, -0.2) is 0 Å². The van der Waals surface area contributed by atoms with E-state index in [9.17, 15) is 0 Å². The molecule has 0 rings (SSSR count). The molecule has 0 aliphatic heterocycles. The molecule has 6 atom stereocenters. The molecular weight excluding hydrogens is 300 g/mol. The van der Waals surface area contributed by atoms with Crippen molar-refractivity contribution in [3.63, 3.8) is 0 Å². The monoisotopic (exact) mass is 348 g/mol. The third-order valence-electron chi connectivity index (χ3n) is 5.42. The van der Waals surface area contributed by atoms with Gasteiger partial charge in [-0.15, -0.1) is 13.2 Å². The fourth-order valence-electron chi connectivity index (χ4n) is 5.18. The zero-order valence-electron chi connectivity index (χ0n) is 18.8. The zero-order valence-corrected chi connectivity index (χ0v) is 18.8. The Hall–Kier alpha value is -0.520. The highest BCUT2D eigenvalue weighted by atomic mass is 14.2. The Morgan fingerprint density at radius 3 is 0.880 bits per heavy atom. The Morgan fingerprint density at radius 2 is 0.680 bits per heavy atom. The molecule has 0 amide bonds. The van der Waals surface area contributed by atoms with Crippen molar-refractivity contribution in [2.75, 3.05) is 0 Å². The molecule has 6 unspecified atom stereocenters. The van der Waals surface area contributed by atoms with Crippen molar-refractivity contribution in [3.05, 3.63) is 24.3 Å². The molecule has 0 bridgehead atoms. The van der Waals surface area contributed by atoms with Gasteiger partial charge in [-0.1, -0.05) is 52.7 Å². The molecule has 0 N–H and O–H groups in total. The van der Waals surface area contributed by atoms with Crippen LogP contribution in [0.25, 0.3) is 0 Å². The number of rotatable bonds is 14. The molecule has 0 aromatic heterocycles. The number of hydrogen-bond acceptors (Lipinski definition) is 0. The van der Waals surface area contributed by atoms with Gasteiger partial charge < -0.3 is 0 Å². The summed E-state index contributed by atoms with van der Waals surface area (Å²) in [6.45, 7) is 27.0. The Morgan fingerprint density at radius 1 is 0.480 bits per heavy atom. The van der Waals surface area contributed by atoms with Crippen LogP contribution in [0.3, 0.4) is 0 Å². The molecule has 0 fully saturated rings. The lowest BCUT2D eigenvalue weighted by Crippen LogP contribution is -2.13. The minimum Gasteiger partial charge on any atom is -0.100 e. The van der Waals surface area contributed by atoms with Crippen molar-refractivity contribution < 1.29 is 0 Å². The van der Waals surface area contributed by atoms with Gasteiger partial charge in [0.05, 0.1) is 0 Å². The molecule has 0 heteroatoms. The maximum atomic E-state index is 4.06. The van der Waals surface area contributed by atoms with E-state index in [0.717, 1.165) is 35.5 Å². The van der Waals surface area contributed by atoms with Gasteiger partial charge in [0.15, 0.2) is 0 Å². The molecule has 0 radical (unpaired) electrons. The standard InChI is InChI=1S/C25H48/c1-18(2)11-20(5)13-22(7)15-24(9)17-25(10)16-23(8)14-21(6)12-19(3)4/h20-25H,1,3,11-17H2,2,4-10H3. The van der Waals surface area contributed by atoms with Crippen LogP contribution < -0.4 is 0 Å². The number of allylic oxidation sites excluding steroid dienone is 2. The van der Waals surface area contributed by atoms with Crippen molar-refractivity contribution >= 4 is 0 Å². The molecule has 0 saturated carbocycles. The summed E-state index contributed by atoms with van der Waals surface area (Å²) in [6.07, 6.45) is 9.22. The van der Waals surface area contributed by atoms with Crippen LogP contribution in [0.1, 0.15) is 100 Å². The van der Waals surface area contributed by atoms with Gasteiger partial charge in [-0.2, -0.15) is 0 Å². The van der Waals surface area contributed by atoms with E-state index in [1.807, 2.05) is 0 Å². The second kappa shape index (κ2) is 12.8. The van der Waals surface area contributed by atoms with Gasteiger partial charge in [0, 0.05) is 0 Å². The fourth-order valence-corrected chi connectivity index (χ4v) is 5.18. The largest absolute Gasteiger partial charge is 0.100 e. The minimum atomic E-state index is 0.784. The molecule has 0 aromatic rings. The molecule has 25 heavy (non-hydrogen) atoms. The van der Waals surface area contributed by atoms with E-state index < -0.39 is 0 Å². The van der Waals surface area contributed by atoms with Crippen molar-refractivity contribution in [3.8, 4) is 0 Å². The summed E-state index contributed by atoms with van der Waals surface area (Å²) >= 11 is 0. The lowest BCUT2D eigenvalue weighted by Gasteiger charge is -2.25. The summed E-state index contributed by atoms with van der Waals surface area (Å²) in [5.41, 5.74) is 2.66. The van der Waals surface area contributed by atoms with Crippen LogP contribution in [0.15, 0.2) is 24.3 Å². The van der Waals surface area contributed by atoms with E-state index in [-0.39, 0.29) is 0 Å². The third-order valence-corrected chi connectivity index (χ3v) is 5.42. The first kappa shape index (κ1) is 24.5. The lowest BCUT2D eigenvalue weighted by molar-refractivity contribution is 0.272. The summed E-state index contributed by atoms with van der Waals surface area (Å²) < 4.78 is 0. The summed E-state index contributed by atoms with van der Waals surface area (Å²) in [4.78, 5) is 0. The Labute approximate surface area is 160 Å². The first-order chi connectivity index (χ1) is 11.5. The number of hydrogen-bond donors (Lipinski definition) is 0. The average molecular weight is 349 g/mol. The lowest BCUT2D eigenvalue weighted by atomic mass is 9.81. The van der Waals surface area contributed by atoms with Crippen molar-refractivity contribution in [2.45, 2.75) is 100 Å². The second-order valence-corrected chi connectivity index (χ2v) is 10.1. The maximum absolute atomic E-state index is 4.06. The molecule has 0 heterocycles. The van der Waals surface area contributed by atoms with Crippen molar-refractivity contribution in [1.29, 1.82) is 0 Å². The predicted molar refractivity (Wildman–Crippen MR) is 117 cm³/mol. The smallest absolute Gasteiger partial charge is 0.0300 e. The van der Waals surface area contributed by atoms with Gasteiger partial charge in [0.1, 0.15) is 0 Å². The summed E-state index contributed by atoms with van der Waals surface area (Å²) in [5.74, 6) is 4.94. The Bertz CT molecular complexity index is 341. The van der Waals surface area contributed by atoms with E-state index >= 15 is 0 Å². The SMILES string of the molecule is C=C(C)CC(C)CC(C)CC(C)CC(C)CC(C)CC(C)CC(=C)C. The van der Waals surface area contributed by atoms with Gasteiger partial charge in [-0.3, -0.25) is 0 Å². The van der Waals surface area contributed by atoms with E-state index in [0.29, 0.717) is 0 Å². The molecule has 0 saturated heterocycles. The van der Waals surface area contributed by atoms with Crippen molar-refractivity contribution in [1.82, 2.24) is 0 Å². The molecule has 0 nitrogen and oxygen atoms in total. The Balaban J connectivity index is 4.09. The zero-order chi connectivity index (χ0) is 19.6. The highest BCUT2D eigenvalue weighted by molar-refractivity contribution is 4.90. The first-order valence-electron chi connectivity index (χ1n) is 10.8. The Kier molecular flexibility index (Phi) is 12.5. The maximum Gasteiger partial charge on any atom is -0.0300 e. The highest BCUT2D eigenvalue weighted by Crippen LogP contribution is 2.30. The van der Waals surface area contributed by atoms with Gasteiger partial charge in [-0.25, -0.2) is 0 Å². The molecule has 0 aliphatic carbocycles. The quantitative estimate of drug-likeness (QED) is 0.275. The molecule has 0 aliphatic rings.